The van der Waals surface area contributed by atoms with Crippen LogP contribution in [0.25, 0.3) is 0 Å². The van der Waals surface area contributed by atoms with Crippen LogP contribution in [0.2, 0.25) is 0 Å². The Kier molecular flexibility index (Phi) is 5.24. The van der Waals surface area contributed by atoms with Crippen molar-refractivity contribution < 1.29 is 9.53 Å². The average molecular weight is 332 g/mol. The van der Waals surface area contributed by atoms with Gasteiger partial charge in [-0.2, -0.15) is 5.10 Å². The van der Waals surface area contributed by atoms with Gasteiger partial charge >= 0.3 is 6.09 Å². The van der Waals surface area contributed by atoms with Gasteiger partial charge in [0.05, 0.1) is 12.3 Å². The maximum absolute atomic E-state index is 11.0. The van der Waals surface area contributed by atoms with Gasteiger partial charge in [-0.05, 0) is 54.1 Å². The van der Waals surface area contributed by atoms with E-state index in [1.54, 1.807) is 6.92 Å². The fourth-order valence-electron chi connectivity index (χ4n) is 1.05. The Balaban J connectivity index is 2.63. The average Bonchev–Trinajstić information content (AvgIpc) is 2.27. The van der Waals surface area contributed by atoms with Crippen molar-refractivity contribution in [3.05, 3.63) is 33.4 Å². The standard InChI is InChI=1S/C11H13IN2O2/c1-3-16-11(15)14-13-8(2)9-4-6-10(12)7-5-9/h4-7H,3H2,1-2H3,(H,14,15)/b13-8+. The lowest BCUT2D eigenvalue weighted by molar-refractivity contribution is 0.152. The highest BCUT2D eigenvalue weighted by Crippen LogP contribution is 2.07. The molecule has 0 bridgehead atoms. The molecule has 4 nitrogen and oxygen atoms in total. The first-order chi connectivity index (χ1) is 7.63. The van der Waals surface area contributed by atoms with Crippen LogP contribution >= 0.6 is 22.6 Å². The minimum absolute atomic E-state index is 0.337. The van der Waals surface area contributed by atoms with Crippen LogP contribution in [0.15, 0.2) is 29.4 Å². The molecule has 0 unspecified atom stereocenters. The molecule has 16 heavy (non-hydrogen) atoms. The third-order valence-electron chi connectivity index (χ3n) is 1.85. The van der Waals surface area contributed by atoms with E-state index >= 15 is 0 Å². The summed E-state index contributed by atoms with van der Waals surface area (Å²) < 4.78 is 5.85. The van der Waals surface area contributed by atoms with Crippen LogP contribution in [0.1, 0.15) is 19.4 Å². The molecule has 0 radical (unpaired) electrons. The molecule has 1 rings (SSSR count). The molecule has 1 aromatic rings. The summed E-state index contributed by atoms with van der Waals surface area (Å²) in [6.07, 6.45) is -0.535. The second-order valence-electron chi connectivity index (χ2n) is 3.04. The monoisotopic (exact) mass is 332 g/mol. The predicted octanol–water partition coefficient (Wildman–Crippen LogP) is 2.76. The van der Waals surface area contributed by atoms with Crippen LogP contribution in [0, 0.1) is 3.57 Å². The lowest BCUT2D eigenvalue weighted by Gasteiger charge is -2.02. The zero-order valence-corrected chi connectivity index (χ0v) is 11.3. The SMILES string of the molecule is CCOC(=O)N/N=C(\C)c1ccc(I)cc1. The minimum Gasteiger partial charge on any atom is -0.449 e. The second-order valence-corrected chi connectivity index (χ2v) is 4.28. The molecule has 0 fully saturated rings. The van der Waals surface area contributed by atoms with E-state index in [1.165, 1.54) is 0 Å². The van der Waals surface area contributed by atoms with Crippen molar-refractivity contribution in [1.82, 2.24) is 5.43 Å². The smallest absolute Gasteiger partial charge is 0.427 e. The predicted molar refractivity (Wildman–Crippen MR) is 71.5 cm³/mol. The largest absolute Gasteiger partial charge is 0.449 e. The van der Waals surface area contributed by atoms with Crippen LogP contribution < -0.4 is 5.43 Å². The van der Waals surface area contributed by atoms with Crippen molar-refractivity contribution in [2.75, 3.05) is 6.61 Å². The zero-order chi connectivity index (χ0) is 12.0. The van der Waals surface area contributed by atoms with Gasteiger partial charge in [0, 0.05) is 3.57 Å². The quantitative estimate of drug-likeness (QED) is 0.526. The zero-order valence-electron chi connectivity index (χ0n) is 9.16. The van der Waals surface area contributed by atoms with Crippen LogP contribution in [-0.2, 0) is 4.74 Å². The maximum Gasteiger partial charge on any atom is 0.427 e. The van der Waals surface area contributed by atoms with Gasteiger partial charge in [-0.1, -0.05) is 12.1 Å². The van der Waals surface area contributed by atoms with Gasteiger partial charge < -0.3 is 4.74 Å². The van der Waals surface area contributed by atoms with Crippen LogP contribution in [0.4, 0.5) is 4.79 Å². The Morgan fingerprint density at radius 3 is 2.62 bits per heavy atom. The van der Waals surface area contributed by atoms with Crippen molar-refractivity contribution in [3.8, 4) is 0 Å². The van der Waals surface area contributed by atoms with Gasteiger partial charge in [-0.3, -0.25) is 0 Å². The van der Waals surface area contributed by atoms with Gasteiger partial charge in [0.15, 0.2) is 0 Å². The number of hydrazone groups is 1. The summed E-state index contributed by atoms with van der Waals surface area (Å²) in [5.74, 6) is 0. The Labute approximate surface area is 108 Å². The number of rotatable bonds is 3. The highest BCUT2D eigenvalue weighted by molar-refractivity contribution is 14.1. The van der Waals surface area contributed by atoms with Gasteiger partial charge in [0.1, 0.15) is 0 Å². The first kappa shape index (κ1) is 13.0. The molecule has 1 amide bonds. The summed E-state index contributed by atoms with van der Waals surface area (Å²) in [5, 5.41) is 3.93. The summed E-state index contributed by atoms with van der Waals surface area (Å²) in [6.45, 7) is 3.91. The van der Waals surface area contributed by atoms with Crippen LogP contribution in [-0.4, -0.2) is 18.4 Å². The van der Waals surface area contributed by atoms with E-state index in [1.807, 2.05) is 31.2 Å². The van der Waals surface area contributed by atoms with Crippen molar-refractivity contribution in [1.29, 1.82) is 0 Å². The summed E-state index contributed by atoms with van der Waals surface area (Å²) in [7, 11) is 0. The van der Waals surface area contributed by atoms with E-state index in [-0.39, 0.29) is 0 Å². The van der Waals surface area contributed by atoms with Gasteiger partial charge in [0.2, 0.25) is 0 Å². The van der Waals surface area contributed by atoms with E-state index in [0.717, 1.165) is 14.8 Å². The fourth-order valence-corrected chi connectivity index (χ4v) is 1.41. The topological polar surface area (TPSA) is 50.7 Å². The molecule has 0 saturated heterocycles. The fraction of sp³-hybridized carbons (Fsp3) is 0.273. The molecular formula is C11H13IN2O2. The van der Waals surface area contributed by atoms with Crippen LogP contribution in [0.5, 0.6) is 0 Å². The molecule has 86 valence electrons. The summed E-state index contributed by atoms with van der Waals surface area (Å²) >= 11 is 2.23. The highest BCUT2D eigenvalue weighted by atomic mass is 127. The Hall–Kier alpha value is -1.11. The van der Waals surface area contributed by atoms with E-state index in [2.05, 4.69) is 37.9 Å². The number of hydrogen-bond donors (Lipinski definition) is 1. The normalized spacial score (nSPS) is 11.1. The third kappa shape index (κ3) is 4.18. The van der Waals surface area contributed by atoms with Gasteiger partial charge in [-0.25, -0.2) is 10.2 Å². The Morgan fingerprint density at radius 1 is 1.44 bits per heavy atom. The van der Waals surface area contributed by atoms with Gasteiger partial charge in [0.25, 0.3) is 0 Å². The second kappa shape index (κ2) is 6.47. The van der Waals surface area contributed by atoms with E-state index in [4.69, 9.17) is 0 Å². The molecule has 1 aromatic carbocycles. The van der Waals surface area contributed by atoms with E-state index in [0.29, 0.717) is 6.61 Å². The molecule has 0 spiro atoms. The molecular weight excluding hydrogens is 319 g/mol. The maximum atomic E-state index is 11.0. The molecule has 0 aliphatic rings. The highest BCUT2D eigenvalue weighted by Gasteiger charge is 2.00. The van der Waals surface area contributed by atoms with Gasteiger partial charge in [-0.15, -0.1) is 0 Å². The Bertz CT molecular complexity index is 387. The number of benzene rings is 1. The molecule has 0 heterocycles. The minimum atomic E-state index is -0.535. The first-order valence-corrected chi connectivity index (χ1v) is 5.94. The number of carbonyl (C=O) groups excluding carboxylic acids is 1. The summed E-state index contributed by atoms with van der Waals surface area (Å²) in [5.41, 5.74) is 4.03. The Morgan fingerprint density at radius 2 is 2.06 bits per heavy atom. The number of halogens is 1. The number of carbonyl (C=O) groups is 1. The summed E-state index contributed by atoms with van der Waals surface area (Å²) in [6, 6.07) is 7.87. The molecule has 0 atom stereocenters. The van der Waals surface area contributed by atoms with Crippen molar-refractivity contribution in [2.24, 2.45) is 5.10 Å². The number of amides is 1. The van der Waals surface area contributed by atoms with Crippen molar-refractivity contribution in [2.45, 2.75) is 13.8 Å². The van der Waals surface area contributed by atoms with Crippen molar-refractivity contribution in [3.63, 3.8) is 0 Å². The van der Waals surface area contributed by atoms with Crippen LogP contribution in [0.3, 0.4) is 0 Å². The number of nitrogens with zero attached hydrogens (tertiary/aromatic N) is 1. The lowest BCUT2D eigenvalue weighted by Crippen LogP contribution is -2.20. The number of nitrogens with one attached hydrogen (secondary N) is 1. The molecule has 0 aliphatic heterocycles. The van der Waals surface area contributed by atoms with Crippen molar-refractivity contribution >= 4 is 34.4 Å². The molecule has 0 saturated carbocycles. The number of hydrogen-bond acceptors (Lipinski definition) is 3. The van der Waals surface area contributed by atoms with E-state index < -0.39 is 6.09 Å². The molecule has 1 N–H and O–H groups in total. The lowest BCUT2D eigenvalue weighted by atomic mass is 10.1. The molecule has 5 heteroatoms. The third-order valence-corrected chi connectivity index (χ3v) is 2.57. The molecule has 0 aliphatic carbocycles. The summed E-state index contributed by atoms with van der Waals surface area (Å²) in [4.78, 5) is 11.0. The molecule has 0 aromatic heterocycles. The number of ether oxygens (including phenoxy) is 1. The van der Waals surface area contributed by atoms with E-state index in [9.17, 15) is 4.79 Å². The first-order valence-electron chi connectivity index (χ1n) is 4.86.